The Labute approximate surface area is 266 Å². The number of likely N-dealkylation sites (N-methyl/N-ethyl adjacent to an activating group) is 1. The maximum absolute atomic E-state index is 13.5. The van der Waals surface area contributed by atoms with E-state index in [1.54, 1.807) is 12.1 Å². The van der Waals surface area contributed by atoms with Gasteiger partial charge in [0.15, 0.2) is 0 Å². The summed E-state index contributed by atoms with van der Waals surface area (Å²) in [5, 5.41) is 1.21. The Morgan fingerprint density at radius 2 is 1.49 bits per heavy atom. The third-order valence-electron chi connectivity index (χ3n) is 9.64. The number of amides is 1. The molecule has 3 aromatic carbocycles. The Kier molecular flexibility index (Phi) is 9.83. The highest BCUT2D eigenvalue weighted by molar-refractivity contribution is 5.94. The van der Waals surface area contributed by atoms with Crippen LogP contribution in [0.5, 0.6) is 11.5 Å². The summed E-state index contributed by atoms with van der Waals surface area (Å²) in [6.07, 6.45) is 1.94. The van der Waals surface area contributed by atoms with E-state index in [2.05, 4.69) is 52.3 Å². The van der Waals surface area contributed by atoms with E-state index < -0.39 is 0 Å². The molecule has 2 fully saturated rings. The predicted octanol–water partition coefficient (Wildman–Crippen LogP) is 5.83. The van der Waals surface area contributed by atoms with E-state index in [0.717, 1.165) is 83.1 Å². The summed E-state index contributed by atoms with van der Waals surface area (Å²) >= 11 is 0. The molecule has 0 atom stereocenters. The van der Waals surface area contributed by atoms with Gasteiger partial charge < -0.3 is 24.0 Å². The first kappa shape index (κ1) is 31.3. The molecule has 0 N–H and O–H groups in total. The molecule has 1 amide bonds. The third-order valence-corrected chi connectivity index (χ3v) is 9.64. The molecular weight excluding hydrogens is 565 g/mol. The van der Waals surface area contributed by atoms with Gasteiger partial charge in [-0.3, -0.25) is 9.69 Å². The quantitative estimate of drug-likeness (QED) is 0.226. The van der Waals surface area contributed by atoms with Crippen molar-refractivity contribution >= 4 is 16.8 Å². The van der Waals surface area contributed by atoms with Gasteiger partial charge in [-0.1, -0.05) is 18.2 Å². The molecule has 6 rings (SSSR count). The van der Waals surface area contributed by atoms with Crippen LogP contribution in [0.25, 0.3) is 10.9 Å². The van der Waals surface area contributed by atoms with Gasteiger partial charge in [0, 0.05) is 87.6 Å². The Hall–Kier alpha value is -3.72. The Balaban J connectivity index is 1.04. The zero-order chi connectivity index (χ0) is 31.3. The fraction of sp³-hybridized carbons (Fsp3) is 0.432. The van der Waals surface area contributed by atoms with Crippen molar-refractivity contribution in [2.75, 3.05) is 72.5 Å². The second kappa shape index (κ2) is 14.1. The van der Waals surface area contributed by atoms with Crippen LogP contribution in [0.2, 0.25) is 0 Å². The average Bonchev–Trinajstić information content (AvgIpc) is 3.29. The Morgan fingerprint density at radius 3 is 2.27 bits per heavy atom. The van der Waals surface area contributed by atoms with E-state index in [4.69, 9.17) is 4.74 Å². The molecule has 0 radical (unpaired) electrons. The average molecular weight is 612 g/mol. The minimum atomic E-state index is -0.193. The van der Waals surface area contributed by atoms with Crippen molar-refractivity contribution in [3.05, 3.63) is 94.9 Å². The summed E-state index contributed by atoms with van der Waals surface area (Å²) in [4.78, 5) is 22.6. The van der Waals surface area contributed by atoms with Crippen LogP contribution in [0.1, 0.15) is 33.6 Å². The fourth-order valence-corrected chi connectivity index (χ4v) is 6.67. The highest BCUT2D eigenvalue weighted by atomic mass is 19.1. The number of hydrogen-bond donors (Lipinski definition) is 0. The van der Waals surface area contributed by atoms with Crippen LogP contribution in [0.3, 0.4) is 0 Å². The lowest BCUT2D eigenvalue weighted by atomic mass is 10.1. The van der Waals surface area contributed by atoms with Gasteiger partial charge in [0.25, 0.3) is 5.91 Å². The van der Waals surface area contributed by atoms with Gasteiger partial charge in [0.1, 0.15) is 17.3 Å². The van der Waals surface area contributed by atoms with Gasteiger partial charge in [-0.25, -0.2) is 4.39 Å². The van der Waals surface area contributed by atoms with Crippen molar-refractivity contribution < 1.29 is 13.9 Å². The van der Waals surface area contributed by atoms with Gasteiger partial charge in [-0.15, -0.1) is 0 Å². The van der Waals surface area contributed by atoms with Crippen molar-refractivity contribution in [2.24, 2.45) is 0 Å². The lowest BCUT2D eigenvalue weighted by Crippen LogP contribution is -2.49. The summed E-state index contributed by atoms with van der Waals surface area (Å²) < 4.78 is 22.3. The molecule has 8 heteroatoms. The number of carbonyl (C=O) groups excluding carboxylic acids is 1. The number of benzene rings is 3. The van der Waals surface area contributed by atoms with Crippen LogP contribution in [0, 0.1) is 19.7 Å². The molecular formula is C37H46FN5O2. The summed E-state index contributed by atoms with van der Waals surface area (Å²) in [6, 6.07) is 20.7. The molecule has 0 bridgehead atoms. The number of hydrogen-bond acceptors (Lipinski definition) is 5. The second-order valence-electron chi connectivity index (χ2n) is 12.7. The number of fused-ring (bicyclic) bond motifs is 1. The molecule has 2 aliphatic rings. The first-order valence-corrected chi connectivity index (χ1v) is 16.4. The van der Waals surface area contributed by atoms with Gasteiger partial charge in [0.2, 0.25) is 0 Å². The number of nitrogens with zero attached hydrogens (tertiary/aromatic N) is 5. The molecule has 0 unspecified atom stereocenters. The van der Waals surface area contributed by atoms with Crippen molar-refractivity contribution in [2.45, 2.75) is 33.2 Å². The normalized spacial score (nSPS) is 16.8. The number of aromatic nitrogens is 1. The molecule has 7 nitrogen and oxygen atoms in total. The summed E-state index contributed by atoms with van der Waals surface area (Å²) in [5.74, 6) is 1.27. The van der Waals surface area contributed by atoms with Crippen molar-refractivity contribution in [3.8, 4) is 11.5 Å². The summed E-state index contributed by atoms with van der Waals surface area (Å²) in [7, 11) is 2.20. The van der Waals surface area contributed by atoms with E-state index in [1.807, 2.05) is 41.3 Å². The molecule has 3 heterocycles. The van der Waals surface area contributed by atoms with Crippen molar-refractivity contribution in [1.82, 2.24) is 24.2 Å². The van der Waals surface area contributed by atoms with Gasteiger partial charge in [-0.2, -0.15) is 0 Å². The number of ether oxygens (including phenoxy) is 1. The minimum Gasteiger partial charge on any atom is -0.457 e. The van der Waals surface area contributed by atoms with Crippen molar-refractivity contribution in [3.63, 3.8) is 0 Å². The monoisotopic (exact) mass is 611 g/mol. The summed E-state index contributed by atoms with van der Waals surface area (Å²) in [5.41, 5.74) is 5.48. The lowest BCUT2D eigenvalue weighted by molar-refractivity contribution is 0.0638. The Morgan fingerprint density at radius 1 is 0.778 bits per heavy atom. The number of halogens is 1. The van der Waals surface area contributed by atoms with E-state index in [1.165, 1.54) is 28.2 Å². The van der Waals surface area contributed by atoms with Crippen LogP contribution in [-0.2, 0) is 13.0 Å². The maximum atomic E-state index is 13.5. The van der Waals surface area contributed by atoms with Gasteiger partial charge in [-0.05, 0) is 99.9 Å². The van der Waals surface area contributed by atoms with E-state index in [-0.39, 0.29) is 11.7 Å². The standard InChI is InChI=1S/C37H46FN5O2/c1-28-29(2)43(15-6-14-40-19-17-39(3)18-20-40)36-12-11-34(27-35(28)36)45-33-10-5-8-31(26-33)37(44)42-23-21-41(22-24-42)16-13-30-7-4-9-32(38)25-30/h4-5,7-12,25-27H,6,13-24H2,1-3H3. The zero-order valence-electron chi connectivity index (χ0n) is 27.0. The van der Waals surface area contributed by atoms with Crippen LogP contribution in [0.15, 0.2) is 66.7 Å². The molecule has 0 aliphatic carbocycles. The molecule has 1 aromatic heterocycles. The van der Waals surface area contributed by atoms with E-state index in [0.29, 0.717) is 24.4 Å². The number of aryl methyl sites for hydroxylation is 2. The van der Waals surface area contributed by atoms with Crippen LogP contribution in [0.4, 0.5) is 4.39 Å². The molecule has 238 valence electrons. The molecule has 4 aromatic rings. The van der Waals surface area contributed by atoms with Crippen LogP contribution < -0.4 is 4.74 Å². The van der Waals surface area contributed by atoms with Crippen molar-refractivity contribution in [1.29, 1.82) is 0 Å². The SMILES string of the molecule is Cc1c(C)n(CCCN2CCN(C)CC2)c2ccc(Oc3cccc(C(=O)N4CCN(CCc5cccc(F)c5)CC4)c3)cc12. The molecule has 0 spiro atoms. The Bertz CT molecular complexity index is 1620. The van der Waals surface area contributed by atoms with Gasteiger partial charge in [0.05, 0.1) is 0 Å². The fourth-order valence-electron chi connectivity index (χ4n) is 6.67. The van der Waals surface area contributed by atoms with Gasteiger partial charge >= 0.3 is 0 Å². The first-order chi connectivity index (χ1) is 21.8. The highest BCUT2D eigenvalue weighted by Crippen LogP contribution is 2.31. The maximum Gasteiger partial charge on any atom is 0.254 e. The minimum absolute atomic E-state index is 0.0285. The predicted molar refractivity (Wildman–Crippen MR) is 179 cm³/mol. The highest BCUT2D eigenvalue weighted by Gasteiger charge is 2.23. The molecule has 2 aliphatic heterocycles. The van der Waals surface area contributed by atoms with Crippen LogP contribution >= 0.6 is 0 Å². The number of piperazine rings is 2. The smallest absolute Gasteiger partial charge is 0.254 e. The largest absolute Gasteiger partial charge is 0.457 e. The zero-order valence-corrected chi connectivity index (χ0v) is 27.0. The third kappa shape index (κ3) is 7.57. The molecule has 0 saturated carbocycles. The molecule has 2 saturated heterocycles. The first-order valence-electron chi connectivity index (χ1n) is 16.4. The number of carbonyl (C=O) groups is 1. The summed E-state index contributed by atoms with van der Waals surface area (Å²) in [6.45, 7) is 15.0. The second-order valence-corrected chi connectivity index (χ2v) is 12.7. The number of rotatable bonds is 10. The van der Waals surface area contributed by atoms with Crippen LogP contribution in [-0.4, -0.2) is 103 Å². The topological polar surface area (TPSA) is 44.2 Å². The van der Waals surface area contributed by atoms with E-state index in [9.17, 15) is 9.18 Å². The molecule has 45 heavy (non-hydrogen) atoms. The van der Waals surface area contributed by atoms with E-state index >= 15 is 0 Å². The lowest BCUT2D eigenvalue weighted by Gasteiger charge is -2.34.